The lowest BCUT2D eigenvalue weighted by atomic mass is 9.90. The number of aryl methyl sites for hydroxylation is 1. The van der Waals surface area contributed by atoms with E-state index in [1.54, 1.807) is 6.33 Å². The Hall–Kier alpha value is -0.870. The van der Waals surface area contributed by atoms with Gasteiger partial charge in [-0.1, -0.05) is 6.92 Å². The van der Waals surface area contributed by atoms with E-state index < -0.39 is 5.60 Å². The number of aliphatic hydroxyl groups is 1. The molecular formula is C9H14N2O2. The van der Waals surface area contributed by atoms with Crippen LogP contribution in [0.5, 0.6) is 0 Å². The second-order valence-electron chi connectivity index (χ2n) is 3.76. The molecule has 2 atom stereocenters. The molecule has 72 valence electrons. The lowest BCUT2D eigenvalue weighted by molar-refractivity contribution is -0.00283. The van der Waals surface area contributed by atoms with Crippen molar-refractivity contribution < 1.29 is 9.84 Å². The van der Waals surface area contributed by atoms with Gasteiger partial charge in [-0.2, -0.15) is 0 Å². The van der Waals surface area contributed by atoms with Crippen LogP contribution in [0, 0.1) is 5.92 Å². The summed E-state index contributed by atoms with van der Waals surface area (Å²) < 4.78 is 7.07. The number of hydrogen-bond donors (Lipinski definition) is 1. The predicted molar refractivity (Wildman–Crippen MR) is 47.1 cm³/mol. The van der Waals surface area contributed by atoms with E-state index in [9.17, 15) is 5.11 Å². The highest BCUT2D eigenvalue weighted by Gasteiger charge is 2.42. The Bertz CT molecular complexity index is 310. The van der Waals surface area contributed by atoms with E-state index in [1.807, 2.05) is 24.7 Å². The van der Waals surface area contributed by atoms with E-state index in [0.29, 0.717) is 18.9 Å². The topological polar surface area (TPSA) is 47.3 Å². The summed E-state index contributed by atoms with van der Waals surface area (Å²) in [5, 5.41) is 10.2. The molecular weight excluding hydrogens is 168 g/mol. The van der Waals surface area contributed by atoms with Crippen molar-refractivity contribution >= 4 is 0 Å². The first-order valence-corrected chi connectivity index (χ1v) is 4.41. The van der Waals surface area contributed by atoms with Crippen LogP contribution < -0.4 is 0 Å². The molecule has 4 heteroatoms. The summed E-state index contributed by atoms with van der Waals surface area (Å²) in [6, 6.07) is 0. The monoisotopic (exact) mass is 182 g/mol. The molecule has 2 rings (SSSR count). The van der Waals surface area contributed by atoms with Gasteiger partial charge in [0.25, 0.3) is 0 Å². The minimum atomic E-state index is -0.888. The summed E-state index contributed by atoms with van der Waals surface area (Å²) in [6.45, 7) is 2.93. The summed E-state index contributed by atoms with van der Waals surface area (Å²) in [6.07, 6.45) is 3.53. The van der Waals surface area contributed by atoms with Crippen LogP contribution in [-0.2, 0) is 17.4 Å². The van der Waals surface area contributed by atoms with Crippen molar-refractivity contribution in [3.05, 3.63) is 18.2 Å². The van der Waals surface area contributed by atoms with Crippen LogP contribution in [0.4, 0.5) is 0 Å². The molecule has 1 aliphatic rings. The fraction of sp³-hybridized carbons (Fsp3) is 0.667. The lowest BCUT2D eigenvalue weighted by Gasteiger charge is -2.22. The summed E-state index contributed by atoms with van der Waals surface area (Å²) in [4.78, 5) is 4.15. The first kappa shape index (κ1) is 8.72. The van der Waals surface area contributed by atoms with E-state index in [4.69, 9.17) is 4.74 Å². The standard InChI is InChI=1S/C9H14N2O2/c1-7-4-13-5-9(7,12)8-3-11(2)6-10-8/h3,6-7,12H,4-5H2,1-2H3. The molecule has 1 fully saturated rings. The van der Waals surface area contributed by atoms with Gasteiger partial charge in [-0.25, -0.2) is 4.98 Å². The van der Waals surface area contributed by atoms with Crippen molar-refractivity contribution in [2.45, 2.75) is 12.5 Å². The normalized spacial score (nSPS) is 33.9. The van der Waals surface area contributed by atoms with Crippen LogP contribution in [0.15, 0.2) is 12.5 Å². The van der Waals surface area contributed by atoms with Crippen molar-refractivity contribution in [2.24, 2.45) is 13.0 Å². The largest absolute Gasteiger partial charge is 0.381 e. The van der Waals surface area contributed by atoms with Crippen LogP contribution in [0.1, 0.15) is 12.6 Å². The Morgan fingerprint density at radius 3 is 3.00 bits per heavy atom. The van der Waals surface area contributed by atoms with Crippen LogP contribution in [0.3, 0.4) is 0 Å². The van der Waals surface area contributed by atoms with Crippen LogP contribution in [-0.4, -0.2) is 27.9 Å². The van der Waals surface area contributed by atoms with E-state index >= 15 is 0 Å². The molecule has 1 saturated heterocycles. The van der Waals surface area contributed by atoms with Gasteiger partial charge in [-0.15, -0.1) is 0 Å². The average molecular weight is 182 g/mol. The Morgan fingerprint density at radius 2 is 2.54 bits per heavy atom. The molecule has 0 bridgehead atoms. The summed E-state index contributed by atoms with van der Waals surface area (Å²) in [7, 11) is 1.89. The highest BCUT2D eigenvalue weighted by molar-refractivity contribution is 5.12. The maximum Gasteiger partial charge on any atom is 0.136 e. The van der Waals surface area contributed by atoms with Crippen LogP contribution in [0.2, 0.25) is 0 Å². The first-order chi connectivity index (χ1) is 6.13. The number of nitrogens with zero attached hydrogens (tertiary/aromatic N) is 2. The van der Waals surface area contributed by atoms with Gasteiger partial charge in [0.2, 0.25) is 0 Å². The van der Waals surface area contributed by atoms with Gasteiger partial charge in [0.05, 0.1) is 25.2 Å². The number of rotatable bonds is 1. The maximum atomic E-state index is 10.2. The molecule has 0 amide bonds. The van der Waals surface area contributed by atoms with Crippen molar-refractivity contribution in [1.82, 2.24) is 9.55 Å². The third-order valence-corrected chi connectivity index (χ3v) is 2.65. The highest BCUT2D eigenvalue weighted by atomic mass is 16.5. The first-order valence-electron chi connectivity index (χ1n) is 4.41. The molecule has 1 aromatic heterocycles. The second-order valence-corrected chi connectivity index (χ2v) is 3.76. The summed E-state index contributed by atoms with van der Waals surface area (Å²) in [5.74, 6) is 0.113. The zero-order valence-corrected chi connectivity index (χ0v) is 7.90. The van der Waals surface area contributed by atoms with E-state index in [2.05, 4.69) is 4.98 Å². The molecule has 4 nitrogen and oxygen atoms in total. The molecule has 0 aromatic carbocycles. The van der Waals surface area contributed by atoms with Crippen molar-refractivity contribution in [2.75, 3.05) is 13.2 Å². The number of ether oxygens (including phenoxy) is 1. The quantitative estimate of drug-likeness (QED) is 0.678. The summed E-state index contributed by atoms with van der Waals surface area (Å²) in [5.41, 5.74) is -0.179. The van der Waals surface area contributed by atoms with Crippen LogP contribution >= 0.6 is 0 Å². The Labute approximate surface area is 77.2 Å². The van der Waals surface area contributed by atoms with Gasteiger partial charge in [0.15, 0.2) is 0 Å². The van der Waals surface area contributed by atoms with Gasteiger partial charge >= 0.3 is 0 Å². The molecule has 0 aliphatic carbocycles. The minimum absolute atomic E-state index is 0.113. The zero-order valence-electron chi connectivity index (χ0n) is 7.90. The van der Waals surface area contributed by atoms with Gasteiger partial charge in [0, 0.05) is 19.2 Å². The smallest absolute Gasteiger partial charge is 0.136 e. The number of imidazole rings is 1. The van der Waals surface area contributed by atoms with Gasteiger partial charge < -0.3 is 14.4 Å². The molecule has 2 unspecified atom stereocenters. The summed E-state index contributed by atoms with van der Waals surface area (Å²) >= 11 is 0. The molecule has 0 spiro atoms. The SMILES string of the molecule is CC1COCC1(O)c1cn(C)cn1. The van der Waals surface area contributed by atoms with Gasteiger partial charge in [-0.05, 0) is 0 Å². The third-order valence-electron chi connectivity index (χ3n) is 2.65. The third kappa shape index (κ3) is 1.26. The maximum absolute atomic E-state index is 10.2. The average Bonchev–Trinajstić information content (AvgIpc) is 2.62. The number of aromatic nitrogens is 2. The second kappa shape index (κ2) is 2.82. The molecule has 13 heavy (non-hydrogen) atoms. The van der Waals surface area contributed by atoms with Crippen molar-refractivity contribution in [3.63, 3.8) is 0 Å². The Balaban J connectivity index is 2.33. The zero-order chi connectivity index (χ0) is 9.47. The van der Waals surface area contributed by atoms with E-state index in [-0.39, 0.29) is 5.92 Å². The fourth-order valence-electron chi connectivity index (χ4n) is 1.63. The van der Waals surface area contributed by atoms with Crippen LogP contribution in [0.25, 0.3) is 0 Å². The molecule has 0 saturated carbocycles. The van der Waals surface area contributed by atoms with Gasteiger partial charge in [0.1, 0.15) is 5.60 Å². The molecule has 2 heterocycles. The molecule has 1 aromatic rings. The fourth-order valence-corrected chi connectivity index (χ4v) is 1.63. The Morgan fingerprint density at radius 1 is 1.77 bits per heavy atom. The Kier molecular flexibility index (Phi) is 1.89. The predicted octanol–water partition coefficient (Wildman–Crippen LogP) is 0.274. The highest BCUT2D eigenvalue weighted by Crippen LogP contribution is 2.33. The lowest BCUT2D eigenvalue weighted by Crippen LogP contribution is -2.32. The number of hydrogen-bond acceptors (Lipinski definition) is 3. The van der Waals surface area contributed by atoms with Gasteiger partial charge in [-0.3, -0.25) is 0 Å². The minimum Gasteiger partial charge on any atom is -0.381 e. The van der Waals surface area contributed by atoms with Crippen molar-refractivity contribution in [3.8, 4) is 0 Å². The molecule has 1 aliphatic heterocycles. The van der Waals surface area contributed by atoms with E-state index in [0.717, 1.165) is 0 Å². The van der Waals surface area contributed by atoms with Crippen molar-refractivity contribution in [1.29, 1.82) is 0 Å². The molecule has 0 radical (unpaired) electrons. The molecule has 1 N–H and O–H groups in total. The van der Waals surface area contributed by atoms with E-state index in [1.165, 1.54) is 0 Å².